The summed E-state index contributed by atoms with van der Waals surface area (Å²) in [7, 11) is 0. The normalized spacial score (nSPS) is 15.8. The molecule has 0 spiro atoms. The number of carboxylic acids is 1. The van der Waals surface area contributed by atoms with Crippen LogP contribution in [0, 0.1) is 0 Å². The number of aliphatic carboxylic acids is 1. The second-order valence-corrected chi connectivity index (χ2v) is 6.03. The second-order valence-electron chi connectivity index (χ2n) is 6.03. The van der Waals surface area contributed by atoms with Crippen LogP contribution in [-0.4, -0.2) is 23.6 Å². The van der Waals surface area contributed by atoms with Gasteiger partial charge in [0.05, 0.1) is 17.9 Å². The Bertz CT molecular complexity index is 960. The summed E-state index contributed by atoms with van der Waals surface area (Å²) in [6.07, 6.45) is -5.19. The van der Waals surface area contributed by atoms with Gasteiger partial charge in [-0.3, -0.25) is 9.59 Å². The number of hydrogen-bond acceptors (Lipinski definition) is 4. The van der Waals surface area contributed by atoms with E-state index in [2.05, 4.69) is 10.1 Å². The maximum absolute atomic E-state index is 12.8. The second kappa shape index (κ2) is 7.57. The molecule has 29 heavy (non-hydrogen) atoms. The number of carbonyl (C=O) groups is 2. The molecule has 1 atom stereocenters. The van der Waals surface area contributed by atoms with Gasteiger partial charge in [0, 0.05) is 11.8 Å². The van der Waals surface area contributed by atoms with E-state index in [1.165, 1.54) is 18.2 Å². The summed E-state index contributed by atoms with van der Waals surface area (Å²) < 4.78 is 73.1. The van der Waals surface area contributed by atoms with Crippen LogP contribution < -0.4 is 14.8 Å². The Balaban J connectivity index is 1.90. The molecule has 0 aliphatic carbocycles. The number of rotatable bonds is 6. The summed E-state index contributed by atoms with van der Waals surface area (Å²) in [6.45, 7) is -3.38. The molecule has 0 radical (unpaired) electrons. The summed E-state index contributed by atoms with van der Waals surface area (Å²) >= 11 is 0. The van der Waals surface area contributed by atoms with Gasteiger partial charge in [0.1, 0.15) is 5.75 Å². The summed E-state index contributed by atoms with van der Waals surface area (Å²) in [5, 5.41) is 11.4. The highest BCUT2D eigenvalue weighted by Gasteiger charge is 2.33. The number of hydrogen-bond donors (Lipinski definition) is 2. The molecular weight excluding hydrogens is 405 g/mol. The predicted molar refractivity (Wildman–Crippen MR) is 88.2 cm³/mol. The number of alkyl halides is 5. The zero-order chi connectivity index (χ0) is 21.3. The number of carbonyl (C=O) groups excluding carboxylic acids is 1. The number of benzene rings is 2. The highest BCUT2D eigenvalue weighted by atomic mass is 19.4. The topological polar surface area (TPSA) is 84.9 Å². The van der Waals surface area contributed by atoms with E-state index in [0.717, 1.165) is 6.07 Å². The van der Waals surface area contributed by atoms with E-state index in [0.29, 0.717) is 17.7 Å². The van der Waals surface area contributed by atoms with Gasteiger partial charge in [-0.05, 0) is 29.8 Å². The van der Waals surface area contributed by atoms with Crippen molar-refractivity contribution in [1.82, 2.24) is 0 Å². The molecule has 154 valence electrons. The van der Waals surface area contributed by atoms with Crippen LogP contribution in [-0.2, 0) is 15.8 Å². The Morgan fingerprint density at radius 3 is 2.48 bits per heavy atom. The summed E-state index contributed by atoms with van der Waals surface area (Å²) in [5.74, 6) is -3.81. The number of anilines is 1. The minimum Gasteiger partial charge on any atom is -0.481 e. The Kier molecular flexibility index (Phi) is 5.31. The van der Waals surface area contributed by atoms with Crippen LogP contribution >= 0.6 is 0 Å². The van der Waals surface area contributed by atoms with Crippen LogP contribution in [0.4, 0.5) is 27.6 Å². The first kappa shape index (κ1) is 20.4. The molecule has 0 fully saturated rings. The lowest BCUT2D eigenvalue weighted by Gasteiger charge is -2.15. The van der Waals surface area contributed by atoms with Crippen molar-refractivity contribution in [2.75, 3.05) is 5.32 Å². The average Bonchev–Trinajstić information content (AvgIpc) is 2.89. The molecule has 1 amide bonds. The third kappa shape index (κ3) is 4.55. The molecule has 2 aromatic rings. The lowest BCUT2D eigenvalue weighted by Crippen LogP contribution is -2.15. The van der Waals surface area contributed by atoms with Crippen molar-refractivity contribution in [1.29, 1.82) is 0 Å². The van der Waals surface area contributed by atoms with Gasteiger partial charge < -0.3 is 19.9 Å². The molecule has 6 nitrogen and oxygen atoms in total. The molecule has 2 aromatic carbocycles. The van der Waals surface area contributed by atoms with Gasteiger partial charge in [0.15, 0.2) is 11.5 Å². The number of halogens is 5. The number of fused-ring (bicyclic) bond motifs is 1. The monoisotopic (exact) mass is 417 g/mol. The molecule has 0 aromatic heterocycles. The number of carboxylic acid groups (broad SMARTS) is 1. The molecule has 0 bridgehead atoms. The first-order valence-corrected chi connectivity index (χ1v) is 8.05. The van der Waals surface area contributed by atoms with Crippen molar-refractivity contribution in [2.24, 2.45) is 0 Å². The van der Waals surface area contributed by atoms with Crippen molar-refractivity contribution < 1.29 is 46.1 Å². The van der Waals surface area contributed by atoms with Crippen LogP contribution in [0.1, 0.15) is 23.5 Å². The van der Waals surface area contributed by atoms with Crippen LogP contribution in [0.2, 0.25) is 0 Å². The van der Waals surface area contributed by atoms with Crippen molar-refractivity contribution in [3.05, 3.63) is 47.5 Å². The highest BCUT2D eigenvalue weighted by Crippen LogP contribution is 2.41. The Labute approximate surface area is 159 Å². The number of amides is 1. The summed E-state index contributed by atoms with van der Waals surface area (Å²) in [6, 6.07) is 5.91. The average molecular weight is 417 g/mol. The Morgan fingerprint density at radius 1 is 1.14 bits per heavy atom. The van der Waals surface area contributed by atoms with E-state index >= 15 is 0 Å². The van der Waals surface area contributed by atoms with Gasteiger partial charge in [-0.15, -0.1) is 0 Å². The van der Waals surface area contributed by atoms with Crippen molar-refractivity contribution in [3.8, 4) is 17.2 Å². The lowest BCUT2D eigenvalue weighted by atomic mass is 9.97. The fourth-order valence-electron chi connectivity index (χ4n) is 2.83. The molecule has 1 unspecified atom stereocenters. The first-order chi connectivity index (χ1) is 13.5. The molecule has 2 N–H and O–H groups in total. The van der Waals surface area contributed by atoms with E-state index in [-0.39, 0.29) is 11.4 Å². The highest BCUT2D eigenvalue weighted by molar-refractivity contribution is 6.04. The van der Waals surface area contributed by atoms with Gasteiger partial charge in [0.25, 0.3) is 0 Å². The van der Waals surface area contributed by atoms with E-state index in [9.17, 15) is 31.5 Å². The molecule has 3 rings (SSSR count). The molecule has 0 saturated carbocycles. The summed E-state index contributed by atoms with van der Waals surface area (Å²) in [4.78, 5) is 22.8. The van der Waals surface area contributed by atoms with E-state index < -0.39 is 54.1 Å². The standard InChI is InChI=1S/C18H12F5NO5/c19-17(20)29-14-5-8(18(21,22)23)1-4-13(14)28-9-2-3-10-11(7-15(25)26)16(27)24-12(10)6-9/h1-6,11,17H,7H2,(H,24,27)(H,25,26). The molecule has 1 aliphatic heterocycles. The van der Waals surface area contributed by atoms with Crippen molar-refractivity contribution in [2.45, 2.75) is 25.1 Å². The molecule has 0 saturated heterocycles. The predicted octanol–water partition coefficient (Wildman–Crippen LogP) is 4.61. The lowest BCUT2D eigenvalue weighted by molar-refractivity contribution is -0.139. The smallest absolute Gasteiger partial charge is 0.416 e. The number of nitrogens with one attached hydrogen (secondary N) is 1. The minimum atomic E-state index is -4.77. The van der Waals surface area contributed by atoms with Crippen LogP contribution in [0.15, 0.2) is 36.4 Å². The van der Waals surface area contributed by atoms with Gasteiger partial charge in [-0.2, -0.15) is 22.0 Å². The van der Waals surface area contributed by atoms with Crippen LogP contribution in [0.5, 0.6) is 17.2 Å². The molecule has 1 aliphatic rings. The van der Waals surface area contributed by atoms with Crippen LogP contribution in [0.25, 0.3) is 0 Å². The zero-order valence-corrected chi connectivity index (χ0v) is 14.3. The van der Waals surface area contributed by atoms with Crippen molar-refractivity contribution in [3.63, 3.8) is 0 Å². The van der Waals surface area contributed by atoms with E-state index in [1.807, 2.05) is 0 Å². The maximum atomic E-state index is 12.8. The fraction of sp³-hybridized carbons (Fsp3) is 0.222. The van der Waals surface area contributed by atoms with Crippen molar-refractivity contribution >= 4 is 17.6 Å². The largest absolute Gasteiger partial charge is 0.481 e. The third-order valence-corrected chi connectivity index (χ3v) is 4.07. The van der Waals surface area contributed by atoms with Gasteiger partial charge in [-0.25, -0.2) is 0 Å². The summed E-state index contributed by atoms with van der Waals surface area (Å²) in [5.41, 5.74) is -0.540. The Hall–Kier alpha value is -3.37. The first-order valence-electron chi connectivity index (χ1n) is 8.05. The quantitative estimate of drug-likeness (QED) is 0.671. The van der Waals surface area contributed by atoms with Gasteiger partial charge >= 0.3 is 18.8 Å². The zero-order valence-electron chi connectivity index (χ0n) is 14.3. The van der Waals surface area contributed by atoms with E-state index in [4.69, 9.17) is 9.84 Å². The number of ether oxygens (including phenoxy) is 2. The molecule has 1 heterocycles. The maximum Gasteiger partial charge on any atom is 0.416 e. The van der Waals surface area contributed by atoms with Crippen LogP contribution in [0.3, 0.4) is 0 Å². The fourth-order valence-corrected chi connectivity index (χ4v) is 2.83. The molecular formula is C18H12F5NO5. The third-order valence-electron chi connectivity index (χ3n) is 4.07. The van der Waals surface area contributed by atoms with Gasteiger partial charge in [-0.1, -0.05) is 6.07 Å². The Morgan fingerprint density at radius 2 is 1.86 bits per heavy atom. The van der Waals surface area contributed by atoms with E-state index in [1.54, 1.807) is 0 Å². The SMILES string of the molecule is O=C(O)CC1C(=O)Nc2cc(Oc3ccc(C(F)(F)F)cc3OC(F)F)ccc21. The molecule has 11 heteroatoms. The minimum absolute atomic E-state index is 0.0129. The van der Waals surface area contributed by atoms with Gasteiger partial charge in [0.2, 0.25) is 5.91 Å².